The van der Waals surface area contributed by atoms with Crippen molar-refractivity contribution < 1.29 is 0 Å². The van der Waals surface area contributed by atoms with Crippen LogP contribution in [-0.2, 0) is 0 Å². The molecule has 0 N–H and O–H groups in total. The van der Waals surface area contributed by atoms with Gasteiger partial charge in [-0.3, -0.25) is 0 Å². The largest absolute Gasteiger partial charge is 0.157 e. The summed E-state index contributed by atoms with van der Waals surface area (Å²) in [5, 5.41) is 1.80. The Morgan fingerprint density at radius 1 is 1.00 bits per heavy atom. The van der Waals surface area contributed by atoms with Crippen molar-refractivity contribution in [2.24, 2.45) is 0 Å². The summed E-state index contributed by atoms with van der Waals surface area (Å²) in [6, 6.07) is 0. The molecule has 0 aromatic carbocycles. The monoisotopic (exact) mass is 148 g/mol. The molecule has 0 nitrogen and oxygen atoms in total. The summed E-state index contributed by atoms with van der Waals surface area (Å²) in [5.41, 5.74) is 0. The second kappa shape index (κ2) is 3.02. The van der Waals surface area contributed by atoms with E-state index in [1.165, 1.54) is 11.5 Å². The van der Waals surface area contributed by atoms with Gasteiger partial charge >= 0.3 is 0 Å². The molecule has 0 aromatic rings. The lowest BCUT2D eigenvalue weighted by atomic mass is 10.5. The summed E-state index contributed by atoms with van der Waals surface area (Å²) < 4.78 is 0. The van der Waals surface area contributed by atoms with Crippen LogP contribution in [0.1, 0.15) is 13.8 Å². The van der Waals surface area contributed by atoms with Crippen molar-refractivity contribution in [1.29, 1.82) is 0 Å². The van der Waals surface area contributed by atoms with Gasteiger partial charge in [0.1, 0.15) is 0 Å². The van der Waals surface area contributed by atoms with E-state index in [0.717, 1.165) is 10.5 Å². The lowest BCUT2D eigenvalue weighted by molar-refractivity contribution is 1.04. The summed E-state index contributed by atoms with van der Waals surface area (Å²) in [7, 11) is 0. The zero-order valence-electron chi connectivity index (χ0n) is 5.39. The van der Waals surface area contributed by atoms with Crippen LogP contribution in [-0.4, -0.2) is 22.0 Å². The minimum absolute atomic E-state index is 0.899. The van der Waals surface area contributed by atoms with E-state index >= 15 is 0 Å². The fourth-order valence-corrected chi connectivity index (χ4v) is 3.14. The highest BCUT2D eigenvalue weighted by atomic mass is 32.2. The zero-order chi connectivity index (χ0) is 5.98. The molecule has 1 saturated heterocycles. The van der Waals surface area contributed by atoms with Gasteiger partial charge in [-0.1, -0.05) is 13.8 Å². The van der Waals surface area contributed by atoms with E-state index in [0.29, 0.717) is 0 Å². The molecule has 1 aliphatic heterocycles. The average molecular weight is 148 g/mol. The highest BCUT2D eigenvalue weighted by Crippen LogP contribution is 2.28. The van der Waals surface area contributed by atoms with Crippen LogP contribution in [0.15, 0.2) is 0 Å². The zero-order valence-corrected chi connectivity index (χ0v) is 7.02. The summed E-state index contributed by atoms with van der Waals surface area (Å²) in [5.74, 6) is 2.71. The van der Waals surface area contributed by atoms with Crippen LogP contribution in [0.4, 0.5) is 0 Å². The number of hydrogen-bond donors (Lipinski definition) is 0. The van der Waals surface area contributed by atoms with Crippen LogP contribution in [0.3, 0.4) is 0 Å². The molecular weight excluding hydrogens is 136 g/mol. The summed E-state index contributed by atoms with van der Waals surface area (Å²) in [6.07, 6.45) is 0. The van der Waals surface area contributed by atoms with Crippen LogP contribution in [0.5, 0.6) is 0 Å². The van der Waals surface area contributed by atoms with Crippen LogP contribution in [0, 0.1) is 0 Å². The summed E-state index contributed by atoms with van der Waals surface area (Å²) in [6.45, 7) is 4.62. The van der Waals surface area contributed by atoms with Crippen molar-refractivity contribution in [3.8, 4) is 0 Å². The molecule has 2 atom stereocenters. The van der Waals surface area contributed by atoms with Crippen LogP contribution >= 0.6 is 23.5 Å². The second-order valence-corrected chi connectivity index (χ2v) is 5.23. The lowest BCUT2D eigenvalue weighted by Crippen LogP contribution is -2.15. The Morgan fingerprint density at radius 3 is 1.62 bits per heavy atom. The Kier molecular flexibility index (Phi) is 2.57. The fraction of sp³-hybridized carbons (Fsp3) is 1.00. The smallest absolute Gasteiger partial charge is 0.0110 e. The molecule has 8 heavy (non-hydrogen) atoms. The van der Waals surface area contributed by atoms with Gasteiger partial charge in [-0.25, -0.2) is 0 Å². The SMILES string of the molecule is CC1CSC(C)CS1. The number of hydrogen-bond acceptors (Lipinski definition) is 2. The first kappa shape index (κ1) is 6.81. The van der Waals surface area contributed by atoms with E-state index in [9.17, 15) is 0 Å². The molecule has 0 saturated carbocycles. The van der Waals surface area contributed by atoms with E-state index < -0.39 is 0 Å². The molecule has 0 bridgehead atoms. The van der Waals surface area contributed by atoms with Gasteiger partial charge in [0.05, 0.1) is 0 Å². The number of thioether (sulfide) groups is 2. The van der Waals surface area contributed by atoms with Gasteiger partial charge in [0, 0.05) is 22.0 Å². The molecule has 1 fully saturated rings. The van der Waals surface area contributed by atoms with E-state index in [1.807, 2.05) is 0 Å². The lowest BCUT2D eigenvalue weighted by Gasteiger charge is -2.21. The first-order valence-corrected chi connectivity index (χ1v) is 5.12. The molecule has 1 aliphatic rings. The van der Waals surface area contributed by atoms with Gasteiger partial charge in [-0.2, -0.15) is 23.5 Å². The first-order valence-electron chi connectivity index (χ1n) is 3.02. The minimum Gasteiger partial charge on any atom is -0.157 e. The van der Waals surface area contributed by atoms with Crippen molar-refractivity contribution in [1.82, 2.24) is 0 Å². The standard InChI is InChI=1S/C6H12S2/c1-5-3-8-6(2)4-7-5/h5-6H,3-4H2,1-2H3. The molecule has 0 spiro atoms. The van der Waals surface area contributed by atoms with E-state index in [4.69, 9.17) is 0 Å². The van der Waals surface area contributed by atoms with Crippen molar-refractivity contribution in [3.63, 3.8) is 0 Å². The molecule has 0 aliphatic carbocycles. The van der Waals surface area contributed by atoms with Crippen LogP contribution in [0.2, 0.25) is 0 Å². The summed E-state index contributed by atoms with van der Waals surface area (Å²) in [4.78, 5) is 0. The third kappa shape index (κ3) is 1.90. The Bertz CT molecular complexity index is 54.9. The molecule has 0 radical (unpaired) electrons. The van der Waals surface area contributed by atoms with Gasteiger partial charge in [0.2, 0.25) is 0 Å². The van der Waals surface area contributed by atoms with Gasteiger partial charge in [0.25, 0.3) is 0 Å². The third-order valence-electron chi connectivity index (χ3n) is 1.23. The predicted octanol–water partition coefficient (Wildman–Crippen LogP) is 2.24. The highest BCUT2D eigenvalue weighted by molar-refractivity contribution is 8.07. The predicted molar refractivity (Wildman–Crippen MR) is 43.8 cm³/mol. The van der Waals surface area contributed by atoms with E-state index in [-0.39, 0.29) is 0 Å². The maximum atomic E-state index is 2.31. The number of rotatable bonds is 0. The van der Waals surface area contributed by atoms with Crippen molar-refractivity contribution in [2.75, 3.05) is 11.5 Å². The molecule has 0 amide bonds. The van der Waals surface area contributed by atoms with Gasteiger partial charge in [-0.15, -0.1) is 0 Å². The van der Waals surface area contributed by atoms with Gasteiger partial charge in [-0.05, 0) is 0 Å². The molecule has 2 unspecified atom stereocenters. The fourth-order valence-electron chi connectivity index (χ4n) is 0.696. The quantitative estimate of drug-likeness (QED) is 0.517. The van der Waals surface area contributed by atoms with Crippen molar-refractivity contribution in [3.05, 3.63) is 0 Å². The minimum atomic E-state index is 0.899. The van der Waals surface area contributed by atoms with E-state index in [1.54, 1.807) is 0 Å². The molecular formula is C6H12S2. The third-order valence-corrected chi connectivity index (χ3v) is 4.51. The van der Waals surface area contributed by atoms with Crippen molar-refractivity contribution in [2.45, 2.75) is 24.3 Å². The van der Waals surface area contributed by atoms with E-state index in [2.05, 4.69) is 37.4 Å². The normalized spacial score (nSPS) is 39.8. The van der Waals surface area contributed by atoms with Crippen LogP contribution in [0.25, 0.3) is 0 Å². The Labute approximate surface area is 59.8 Å². The second-order valence-electron chi connectivity index (χ2n) is 2.29. The topological polar surface area (TPSA) is 0 Å². The van der Waals surface area contributed by atoms with Gasteiger partial charge < -0.3 is 0 Å². The molecule has 2 heteroatoms. The highest BCUT2D eigenvalue weighted by Gasteiger charge is 2.13. The maximum Gasteiger partial charge on any atom is 0.0110 e. The Balaban J connectivity index is 2.19. The average Bonchev–Trinajstić information content (AvgIpc) is 1.77. The summed E-state index contributed by atoms with van der Waals surface area (Å²) >= 11 is 4.21. The molecule has 1 heterocycles. The van der Waals surface area contributed by atoms with Crippen LogP contribution < -0.4 is 0 Å². The molecule has 1 rings (SSSR count). The first-order chi connectivity index (χ1) is 3.79. The molecule has 48 valence electrons. The maximum absolute atomic E-state index is 2.31. The molecule has 0 aromatic heterocycles. The Morgan fingerprint density at radius 2 is 1.38 bits per heavy atom. The van der Waals surface area contributed by atoms with Gasteiger partial charge in [0.15, 0.2) is 0 Å². The Hall–Kier alpha value is 0.700. The van der Waals surface area contributed by atoms with Crippen molar-refractivity contribution >= 4 is 23.5 Å².